The SMILES string of the molecule is [2H]c1c([2H])c(-c2c([2H])c([2H])c([2H])c3c2c([2H])c([2H])c2c([2H])c([2H])c([2H])c([2H])c23)c([2H])c([2H])c1-c1c2c([2H])c([2H])c([2H])c([2H])c2c(-c2c([2H])c([2H])c3oc4c5c([2H])c([2H])c([2H])c([2H])c5c([2H])c([2H])c4c3c2[2H])c2c([2H])c([2H])c([2H])c([2H])c12.[2H]c1c([2H])c(-c2c([2H])c3c([2H])c([2H])c([2H])c([2H])c3c3c([2H])c([2H])c([2H])c([2H])c23)c([2H])c([2H])c1-c1c2c([2H])c([2H])c([2H])c([2H])c2c(-c2c([2H])c([2H])c3oc4c5c([2H])c([2H])c([2H])c([2H])c5c([2H])c([2H])c4c3c2[2H])c2c([2H])c([2H])c([2H])c([2H])c12. The Bertz CT molecular complexity index is 10800. The minimum atomic E-state index is -1.15. The number of fused-ring (bicyclic) bond motifs is 20. The van der Waals surface area contributed by atoms with Crippen LogP contribution in [-0.2, 0) is 0 Å². The molecule has 22 rings (SSSR count). The van der Waals surface area contributed by atoms with Crippen molar-refractivity contribution in [3.8, 4) is 66.8 Å². The largest absolute Gasteiger partial charge is 0.455 e. The molecule has 0 aliphatic rings. The monoisotopic (exact) mass is 1350 g/mol. The Morgan fingerprint density at radius 3 is 0.873 bits per heavy atom. The maximum atomic E-state index is 9.87. The van der Waals surface area contributed by atoms with Crippen LogP contribution in [0.5, 0.6) is 0 Å². The lowest BCUT2D eigenvalue weighted by Crippen LogP contribution is -1.91. The fraction of sp³-hybridized carbons (Fsp3) is 0. The van der Waals surface area contributed by atoms with Gasteiger partial charge in [0, 0.05) is 32.3 Å². The summed E-state index contributed by atoms with van der Waals surface area (Å²) in [5, 5.41) is -14.7. The van der Waals surface area contributed by atoms with E-state index in [-0.39, 0.29) is 0 Å². The minimum absolute atomic E-state index is 0.430. The van der Waals surface area contributed by atoms with E-state index >= 15 is 0 Å². The predicted molar refractivity (Wildman–Crippen MR) is 435 cm³/mol. The highest BCUT2D eigenvalue weighted by molar-refractivity contribution is 6.26. The van der Waals surface area contributed by atoms with Crippen LogP contribution >= 0.6 is 0 Å². The summed E-state index contributed by atoms with van der Waals surface area (Å²) < 4.78 is 556. The van der Waals surface area contributed by atoms with E-state index in [4.69, 9.17) is 59.6 Å². The molecular weight excluding hydrogens is 1230 g/mol. The molecule has 0 spiro atoms. The number of hydrogen-bond acceptors (Lipinski definition) is 2. The van der Waals surface area contributed by atoms with Crippen LogP contribution in [0.15, 0.2) is 371 Å². The Hall–Kier alpha value is -13.4. The van der Waals surface area contributed by atoms with Gasteiger partial charge in [-0.1, -0.05) is 320 Å². The molecule has 0 fully saturated rings. The van der Waals surface area contributed by atoms with Crippen LogP contribution in [0.1, 0.15) is 82.2 Å². The molecule has 2 heterocycles. The molecule has 0 N–H and O–H groups in total. The summed E-state index contributed by atoms with van der Waals surface area (Å²) in [7, 11) is 0. The van der Waals surface area contributed by atoms with E-state index in [1.807, 2.05) is 0 Å². The second kappa shape index (κ2) is 23.1. The first-order valence-corrected chi connectivity index (χ1v) is 30.3. The smallest absolute Gasteiger partial charge is 0.143 e. The molecule has 0 saturated heterocycles. The van der Waals surface area contributed by atoms with Crippen molar-refractivity contribution in [3.63, 3.8) is 0 Å². The zero-order chi connectivity index (χ0) is 119. The molecule has 0 saturated carbocycles. The summed E-state index contributed by atoms with van der Waals surface area (Å²) >= 11 is 0. The fourth-order valence-electron chi connectivity index (χ4n) is 12.7. The van der Waals surface area contributed by atoms with Crippen molar-refractivity contribution in [1.29, 1.82) is 0 Å². The van der Waals surface area contributed by atoms with Crippen molar-refractivity contribution in [2.75, 3.05) is 0 Å². The molecule has 0 unspecified atom stereocenters. The summed E-state index contributed by atoms with van der Waals surface area (Å²) in [4.78, 5) is 0. The van der Waals surface area contributed by atoms with Gasteiger partial charge in [-0.05, 0) is 206 Å². The second-order valence-electron chi connectivity index (χ2n) is 22.5. The van der Waals surface area contributed by atoms with Gasteiger partial charge in [-0.25, -0.2) is 0 Å². The summed E-state index contributed by atoms with van der Waals surface area (Å²) in [6.45, 7) is 0. The van der Waals surface area contributed by atoms with Crippen LogP contribution in [0.25, 0.3) is 218 Å². The highest BCUT2D eigenvalue weighted by Gasteiger charge is 2.22. The molecular formula is C100H60O2. The molecule has 472 valence electrons. The molecule has 2 aromatic heterocycles. The van der Waals surface area contributed by atoms with Crippen molar-refractivity contribution in [2.45, 2.75) is 0 Å². The van der Waals surface area contributed by atoms with Gasteiger partial charge in [0.2, 0.25) is 0 Å². The predicted octanol–water partition coefficient (Wildman–Crippen LogP) is 28.7. The Kier molecular flexibility index (Phi) is 5.42. The molecule has 20 aromatic carbocycles. The van der Waals surface area contributed by atoms with Crippen molar-refractivity contribution < 1.29 is 91.1 Å². The number of hydrogen-bond donors (Lipinski definition) is 0. The van der Waals surface area contributed by atoms with Crippen LogP contribution in [0.4, 0.5) is 0 Å². The molecule has 0 bridgehead atoms. The lowest BCUT2D eigenvalue weighted by atomic mass is 9.85. The van der Waals surface area contributed by atoms with E-state index in [2.05, 4.69) is 0 Å². The van der Waals surface area contributed by atoms with Gasteiger partial charge in [0.15, 0.2) is 0 Å². The van der Waals surface area contributed by atoms with Gasteiger partial charge in [0.1, 0.15) is 22.3 Å². The molecule has 0 aliphatic carbocycles. The Balaban J connectivity index is 0.000000186. The number of furan rings is 2. The van der Waals surface area contributed by atoms with Crippen molar-refractivity contribution in [2.24, 2.45) is 0 Å². The molecule has 0 aliphatic heterocycles. The normalized spacial score (nSPS) is 20.2. The first kappa shape index (κ1) is 23.9. The second-order valence-corrected chi connectivity index (χ2v) is 22.5. The number of rotatable bonds is 6. The minimum Gasteiger partial charge on any atom is -0.455 e. The lowest BCUT2D eigenvalue weighted by molar-refractivity contribution is 0.672. The zero-order valence-electron chi connectivity index (χ0n) is 111. The van der Waals surface area contributed by atoms with E-state index in [0.717, 1.165) is 0 Å². The summed E-state index contributed by atoms with van der Waals surface area (Å²) in [5.41, 5.74) is -12.0. The molecule has 0 radical (unpaired) electrons. The van der Waals surface area contributed by atoms with Gasteiger partial charge in [-0.15, -0.1) is 0 Å². The Labute approximate surface area is 671 Å². The fourth-order valence-corrected chi connectivity index (χ4v) is 12.7. The van der Waals surface area contributed by atoms with Crippen LogP contribution in [0.2, 0.25) is 0 Å². The first-order valence-electron chi connectivity index (χ1n) is 60.3. The molecule has 22 aromatic rings. The van der Waals surface area contributed by atoms with Crippen molar-refractivity contribution in [3.05, 3.63) is 363 Å². The van der Waals surface area contributed by atoms with Gasteiger partial charge >= 0.3 is 0 Å². The summed E-state index contributed by atoms with van der Waals surface area (Å²) in [5.74, 6) is 0. The highest BCUT2D eigenvalue weighted by atomic mass is 16.3. The van der Waals surface area contributed by atoms with Gasteiger partial charge in [0.25, 0.3) is 0 Å². The molecule has 0 atom stereocenters. The van der Waals surface area contributed by atoms with E-state index in [9.17, 15) is 31.5 Å². The van der Waals surface area contributed by atoms with Crippen LogP contribution in [0.3, 0.4) is 0 Å². The standard InChI is InChI=1S/2C50H30O/c1-4-14-37-31(11-1)25-27-44-46-30-35(26-28-47(46)51-50(37)44)49-42-19-9-7-17-40(42)48(41-18-8-10-20-43(41)49)33-23-21-32(22-24-33)45-29-34-12-2-3-13-36(34)38-15-5-6-16-39(38)45;1-3-12-36-31(10-1)24-27-40-37(18-9-19-39(36)40)33-20-22-34(23-21-33)48-41-14-5-7-16-43(41)49(44-17-8-6-15-42(44)48)35-26-29-47-46(30-35)45-28-25-32-11-2-4-13-38(32)50(45)51-47/h2*1-30H/i2*1D,2D,3D,4D,5D,6D,7D,8D,9D,10D,11D,12D,13D,14D,15D,16D,17D,18D,19D,20D,21D,22D,23D,24D,25D,26D,27D,28D,29D,30D. The summed E-state index contributed by atoms with van der Waals surface area (Å²) in [6.07, 6.45) is 0. The average molecular weight is 1350 g/mol. The highest BCUT2D eigenvalue weighted by Crippen LogP contribution is 2.49. The van der Waals surface area contributed by atoms with Crippen LogP contribution in [-0.4, -0.2) is 0 Å². The first-order chi connectivity index (χ1) is 75.6. The topological polar surface area (TPSA) is 26.3 Å². The molecule has 2 nitrogen and oxygen atoms in total. The third-order valence-electron chi connectivity index (χ3n) is 17.1. The van der Waals surface area contributed by atoms with Crippen molar-refractivity contribution in [1.82, 2.24) is 0 Å². The summed E-state index contributed by atoms with van der Waals surface area (Å²) in [6, 6.07) is -55.8. The third-order valence-corrected chi connectivity index (χ3v) is 17.1. The zero-order valence-corrected chi connectivity index (χ0v) is 50.8. The van der Waals surface area contributed by atoms with Gasteiger partial charge in [0.05, 0.1) is 82.2 Å². The van der Waals surface area contributed by atoms with Crippen LogP contribution in [0, 0.1) is 0 Å². The number of benzene rings is 20. The van der Waals surface area contributed by atoms with Crippen LogP contribution < -0.4 is 0 Å². The molecule has 2 heteroatoms. The third kappa shape index (κ3) is 9.06. The molecule has 0 amide bonds. The maximum Gasteiger partial charge on any atom is 0.143 e. The molecule has 102 heavy (non-hydrogen) atoms. The van der Waals surface area contributed by atoms with E-state index in [1.54, 1.807) is 0 Å². The van der Waals surface area contributed by atoms with E-state index in [0.29, 0.717) is 0 Å². The van der Waals surface area contributed by atoms with Gasteiger partial charge < -0.3 is 8.83 Å². The van der Waals surface area contributed by atoms with Gasteiger partial charge in [-0.3, -0.25) is 0 Å². The van der Waals surface area contributed by atoms with Crippen molar-refractivity contribution >= 4 is 152 Å². The van der Waals surface area contributed by atoms with E-state index < -0.39 is 581 Å². The quantitative estimate of drug-likeness (QED) is 0.123. The van der Waals surface area contributed by atoms with Gasteiger partial charge in [-0.2, -0.15) is 0 Å². The lowest BCUT2D eigenvalue weighted by Gasteiger charge is -2.18. The average Bonchev–Trinajstić information content (AvgIpc) is 1.48. The Morgan fingerprint density at radius 2 is 0.441 bits per heavy atom. The Morgan fingerprint density at radius 1 is 0.157 bits per heavy atom. The maximum absolute atomic E-state index is 9.87. The van der Waals surface area contributed by atoms with E-state index in [1.165, 1.54) is 0 Å².